The summed E-state index contributed by atoms with van der Waals surface area (Å²) in [5, 5.41) is 11.7. The van der Waals surface area contributed by atoms with Gasteiger partial charge in [0.15, 0.2) is 0 Å². The van der Waals surface area contributed by atoms with Crippen LogP contribution in [-0.4, -0.2) is 26.0 Å². The minimum absolute atomic E-state index is 0.0195. The molecule has 0 saturated heterocycles. The van der Waals surface area contributed by atoms with Crippen molar-refractivity contribution in [2.24, 2.45) is 0 Å². The van der Waals surface area contributed by atoms with Crippen molar-refractivity contribution in [1.29, 1.82) is 5.26 Å². The number of nitriles is 1. The Kier molecular flexibility index (Phi) is 4.29. The molecule has 1 aromatic carbocycles. The van der Waals surface area contributed by atoms with Gasteiger partial charge in [0.05, 0.1) is 10.9 Å². The van der Waals surface area contributed by atoms with Crippen LogP contribution in [0.25, 0.3) is 0 Å². The third-order valence-corrected chi connectivity index (χ3v) is 5.36. The molecular weight excluding hydrogens is 279 g/mol. The zero-order valence-electron chi connectivity index (χ0n) is 11.3. The predicted molar refractivity (Wildman–Crippen MR) is 75.6 cm³/mol. The van der Waals surface area contributed by atoms with Gasteiger partial charge in [-0.2, -0.15) is 5.26 Å². The van der Waals surface area contributed by atoms with Crippen LogP contribution in [0.5, 0.6) is 0 Å². The highest BCUT2D eigenvalue weighted by atomic mass is 32.2. The van der Waals surface area contributed by atoms with Crippen LogP contribution in [0.3, 0.4) is 0 Å². The van der Waals surface area contributed by atoms with E-state index in [-0.39, 0.29) is 16.9 Å². The van der Waals surface area contributed by atoms with Gasteiger partial charge in [-0.15, -0.1) is 0 Å². The van der Waals surface area contributed by atoms with Crippen molar-refractivity contribution in [3.8, 4) is 6.07 Å². The minimum Gasteiger partial charge on any atom is -0.381 e. The van der Waals surface area contributed by atoms with E-state index in [1.807, 2.05) is 6.07 Å². The quantitative estimate of drug-likeness (QED) is 0.930. The van der Waals surface area contributed by atoms with Gasteiger partial charge >= 0.3 is 0 Å². The van der Waals surface area contributed by atoms with Crippen molar-refractivity contribution in [1.82, 2.24) is 0 Å². The van der Waals surface area contributed by atoms with Crippen molar-refractivity contribution < 1.29 is 12.8 Å². The summed E-state index contributed by atoms with van der Waals surface area (Å²) in [7, 11) is -3.05. The Morgan fingerprint density at radius 3 is 2.80 bits per heavy atom. The van der Waals surface area contributed by atoms with Crippen LogP contribution in [0.2, 0.25) is 0 Å². The number of hydrogen-bond donors (Lipinski definition) is 1. The summed E-state index contributed by atoms with van der Waals surface area (Å²) in [5.74, 6) is -0.562. The van der Waals surface area contributed by atoms with Gasteiger partial charge in [-0.3, -0.25) is 0 Å². The molecule has 1 aromatic rings. The summed E-state index contributed by atoms with van der Waals surface area (Å²) in [6, 6.07) is 6.22. The summed E-state index contributed by atoms with van der Waals surface area (Å²) >= 11 is 0. The number of benzene rings is 1. The van der Waals surface area contributed by atoms with Gasteiger partial charge in [-0.1, -0.05) is 12.5 Å². The molecule has 0 heterocycles. The highest BCUT2D eigenvalue weighted by Gasteiger charge is 2.29. The second kappa shape index (κ2) is 5.80. The smallest absolute Gasteiger partial charge is 0.150 e. The maximum Gasteiger partial charge on any atom is 0.150 e. The summed E-state index contributed by atoms with van der Waals surface area (Å²) in [6.07, 6.45) is 4.06. The molecule has 1 aliphatic rings. The molecule has 2 atom stereocenters. The lowest BCUT2D eigenvalue weighted by atomic mass is 9.94. The van der Waals surface area contributed by atoms with E-state index in [4.69, 9.17) is 5.26 Å². The lowest BCUT2D eigenvalue weighted by molar-refractivity contribution is 0.452. The maximum atomic E-state index is 13.5. The van der Waals surface area contributed by atoms with E-state index in [0.29, 0.717) is 18.5 Å². The van der Waals surface area contributed by atoms with E-state index in [1.54, 1.807) is 6.07 Å². The topological polar surface area (TPSA) is 70.0 Å². The van der Waals surface area contributed by atoms with Crippen LogP contribution in [0.15, 0.2) is 18.2 Å². The van der Waals surface area contributed by atoms with Gasteiger partial charge in [0, 0.05) is 12.3 Å². The molecule has 0 aliphatic heterocycles. The number of rotatable bonds is 3. The van der Waals surface area contributed by atoms with Crippen molar-refractivity contribution >= 4 is 15.5 Å². The number of nitrogens with one attached hydrogen (secondary N) is 1. The predicted octanol–water partition coefficient (Wildman–Crippen LogP) is 2.47. The number of halogens is 1. The highest BCUT2D eigenvalue weighted by Crippen LogP contribution is 2.28. The highest BCUT2D eigenvalue weighted by molar-refractivity contribution is 7.91. The van der Waals surface area contributed by atoms with Gasteiger partial charge in [-0.05, 0) is 31.4 Å². The Labute approximate surface area is 118 Å². The van der Waals surface area contributed by atoms with Crippen LogP contribution < -0.4 is 5.32 Å². The molecule has 20 heavy (non-hydrogen) atoms. The second-order valence-corrected chi connectivity index (χ2v) is 7.56. The first kappa shape index (κ1) is 14.8. The molecule has 0 unspecified atom stereocenters. The Balaban J connectivity index is 2.15. The van der Waals surface area contributed by atoms with E-state index in [0.717, 1.165) is 12.8 Å². The zero-order chi connectivity index (χ0) is 14.8. The van der Waals surface area contributed by atoms with E-state index >= 15 is 0 Å². The van der Waals surface area contributed by atoms with Gasteiger partial charge in [-0.25, -0.2) is 12.8 Å². The molecule has 1 saturated carbocycles. The summed E-state index contributed by atoms with van der Waals surface area (Å²) in [6.45, 7) is 0. The van der Waals surface area contributed by atoms with E-state index < -0.39 is 15.7 Å². The normalized spacial score (nSPS) is 23.1. The lowest BCUT2D eigenvalue weighted by Gasteiger charge is -2.29. The Hall–Kier alpha value is -1.61. The lowest BCUT2D eigenvalue weighted by Crippen LogP contribution is -2.34. The molecule has 1 fully saturated rings. The van der Waals surface area contributed by atoms with Gasteiger partial charge in [0.1, 0.15) is 27.3 Å². The standard InChI is InChI=1S/C14H17FN2O2S/c1-20(18,19)11-5-2-4-10(8-11)17-14-7-3-6-13(15)12(14)9-16/h3,6-7,10-11,17H,2,4-5,8H2,1H3/t10-,11+/m0/s1. The maximum absolute atomic E-state index is 13.5. The fraction of sp³-hybridized carbons (Fsp3) is 0.500. The van der Waals surface area contributed by atoms with Crippen molar-refractivity contribution in [3.63, 3.8) is 0 Å². The summed E-state index contributed by atoms with van der Waals surface area (Å²) in [4.78, 5) is 0. The first-order valence-corrected chi connectivity index (χ1v) is 8.51. The molecule has 2 rings (SSSR count). The fourth-order valence-electron chi connectivity index (χ4n) is 2.64. The summed E-state index contributed by atoms with van der Waals surface area (Å²) in [5.41, 5.74) is 0.417. The van der Waals surface area contributed by atoms with E-state index in [2.05, 4.69) is 5.32 Å². The van der Waals surface area contributed by atoms with E-state index in [9.17, 15) is 12.8 Å². The molecular formula is C14H17FN2O2S. The number of hydrogen-bond acceptors (Lipinski definition) is 4. The first-order valence-electron chi connectivity index (χ1n) is 6.56. The third-order valence-electron chi connectivity index (χ3n) is 3.72. The molecule has 0 amide bonds. The minimum atomic E-state index is -3.05. The Morgan fingerprint density at radius 2 is 2.15 bits per heavy atom. The van der Waals surface area contributed by atoms with Crippen LogP contribution in [-0.2, 0) is 9.84 Å². The average molecular weight is 296 g/mol. The van der Waals surface area contributed by atoms with Crippen LogP contribution in [0.4, 0.5) is 10.1 Å². The van der Waals surface area contributed by atoms with Gasteiger partial charge in [0.2, 0.25) is 0 Å². The van der Waals surface area contributed by atoms with Crippen molar-refractivity contribution in [2.45, 2.75) is 37.0 Å². The molecule has 4 nitrogen and oxygen atoms in total. The van der Waals surface area contributed by atoms with Gasteiger partial charge in [0.25, 0.3) is 0 Å². The third kappa shape index (κ3) is 3.28. The SMILES string of the molecule is CS(=O)(=O)[C@@H]1CCC[C@H](Nc2cccc(F)c2C#N)C1. The van der Waals surface area contributed by atoms with E-state index in [1.165, 1.54) is 18.4 Å². The monoisotopic (exact) mass is 296 g/mol. The zero-order valence-corrected chi connectivity index (χ0v) is 12.1. The molecule has 1 N–H and O–H groups in total. The second-order valence-electron chi connectivity index (χ2n) is 5.23. The number of sulfone groups is 1. The largest absolute Gasteiger partial charge is 0.381 e. The van der Waals surface area contributed by atoms with Crippen LogP contribution >= 0.6 is 0 Å². The van der Waals surface area contributed by atoms with Crippen molar-refractivity contribution in [2.75, 3.05) is 11.6 Å². The summed E-state index contributed by atoms with van der Waals surface area (Å²) < 4.78 is 36.8. The Morgan fingerprint density at radius 1 is 1.40 bits per heavy atom. The molecule has 108 valence electrons. The van der Waals surface area contributed by atoms with Crippen molar-refractivity contribution in [3.05, 3.63) is 29.6 Å². The van der Waals surface area contributed by atoms with Crippen LogP contribution in [0.1, 0.15) is 31.2 Å². The molecule has 0 spiro atoms. The molecule has 6 heteroatoms. The molecule has 1 aliphatic carbocycles. The fourth-order valence-corrected chi connectivity index (χ4v) is 3.82. The average Bonchev–Trinajstić information content (AvgIpc) is 2.38. The Bertz CT molecular complexity index is 637. The molecule has 0 aromatic heterocycles. The van der Waals surface area contributed by atoms with Gasteiger partial charge < -0.3 is 5.32 Å². The molecule has 0 radical (unpaired) electrons. The number of nitrogens with zero attached hydrogens (tertiary/aromatic N) is 1. The number of anilines is 1. The molecule has 0 bridgehead atoms. The van der Waals surface area contributed by atoms with Crippen LogP contribution in [0, 0.1) is 17.1 Å². The first-order chi connectivity index (χ1) is 9.41.